The number of nitrogens with two attached hydrogens (primary N) is 1. The molecular formula is C14H14ClN3O2. The Morgan fingerprint density at radius 2 is 2.15 bits per heavy atom. The number of amides is 1. The fourth-order valence-corrected chi connectivity index (χ4v) is 2.43. The summed E-state index contributed by atoms with van der Waals surface area (Å²) in [6.07, 6.45) is 0.466. The fraction of sp³-hybridized carbons (Fsp3) is 0.286. The summed E-state index contributed by atoms with van der Waals surface area (Å²) in [5.74, 6) is 0.682. The number of hydrogen-bond acceptors (Lipinski definition) is 4. The second kappa shape index (κ2) is 5.26. The van der Waals surface area contributed by atoms with E-state index >= 15 is 0 Å². The molecule has 104 valence electrons. The van der Waals surface area contributed by atoms with Crippen molar-refractivity contribution >= 4 is 23.4 Å². The first kappa shape index (κ1) is 13.1. The smallest absolute Gasteiger partial charge is 0.234 e. The van der Waals surface area contributed by atoms with Gasteiger partial charge in [0.05, 0.1) is 0 Å². The van der Waals surface area contributed by atoms with Crippen molar-refractivity contribution in [1.82, 2.24) is 5.16 Å². The third kappa shape index (κ3) is 2.42. The second-order valence-electron chi connectivity index (χ2n) is 4.87. The highest BCUT2D eigenvalue weighted by Gasteiger charge is 2.32. The van der Waals surface area contributed by atoms with Gasteiger partial charge in [-0.1, -0.05) is 28.9 Å². The van der Waals surface area contributed by atoms with Gasteiger partial charge in [-0.2, -0.15) is 0 Å². The molecule has 0 spiro atoms. The molecule has 20 heavy (non-hydrogen) atoms. The van der Waals surface area contributed by atoms with Gasteiger partial charge >= 0.3 is 0 Å². The maximum atomic E-state index is 11.9. The van der Waals surface area contributed by atoms with Gasteiger partial charge in [-0.05, 0) is 24.6 Å². The lowest BCUT2D eigenvalue weighted by molar-refractivity contribution is -0.117. The van der Waals surface area contributed by atoms with Crippen LogP contribution in [0.25, 0.3) is 11.3 Å². The van der Waals surface area contributed by atoms with Crippen molar-refractivity contribution in [2.75, 3.05) is 18.0 Å². The van der Waals surface area contributed by atoms with Crippen LogP contribution in [0.3, 0.4) is 0 Å². The summed E-state index contributed by atoms with van der Waals surface area (Å²) in [7, 11) is 0. The predicted molar refractivity (Wildman–Crippen MR) is 76.5 cm³/mol. The van der Waals surface area contributed by atoms with Crippen molar-refractivity contribution in [1.29, 1.82) is 0 Å². The van der Waals surface area contributed by atoms with Crippen LogP contribution in [-0.2, 0) is 4.79 Å². The molecule has 3 rings (SSSR count). The van der Waals surface area contributed by atoms with Gasteiger partial charge in [-0.3, -0.25) is 9.69 Å². The first-order valence-corrected chi connectivity index (χ1v) is 6.78. The topological polar surface area (TPSA) is 72.4 Å². The fourth-order valence-electron chi connectivity index (χ4n) is 2.30. The summed E-state index contributed by atoms with van der Waals surface area (Å²) in [4.78, 5) is 13.5. The number of carbonyl (C=O) groups excluding carboxylic acids is 1. The SMILES string of the molecule is NCC1CC(=O)N(c2cc(-c3ccc(Cl)cc3)no2)C1. The maximum Gasteiger partial charge on any atom is 0.234 e. The number of carbonyl (C=O) groups is 1. The minimum absolute atomic E-state index is 0.0271. The number of aromatic nitrogens is 1. The van der Waals surface area contributed by atoms with Gasteiger partial charge in [0.1, 0.15) is 5.69 Å². The van der Waals surface area contributed by atoms with Crippen molar-refractivity contribution in [2.24, 2.45) is 11.7 Å². The normalized spacial score (nSPS) is 18.8. The standard InChI is InChI=1S/C14H14ClN3O2/c15-11-3-1-10(2-4-11)12-6-14(20-17-12)18-8-9(7-16)5-13(18)19/h1-4,6,9H,5,7-8,16H2. The summed E-state index contributed by atoms with van der Waals surface area (Å²) >= 11 is 5.85. The zero-order valence-corrected chi connectivity index (χ0v) is 11.5. The van der Waals surface area contributed by atoms with Crippen LogP contribution in [0.15, 0.2) is 34.9 Å². The lowest BCUT2D eigenvalue weighted by atomic mass is 10.1. The lowest BCUT2D eigenvalue weighted by Crippen LogP contribution is -2.25. The van der Waals surface area contributed by atoms with Gasteiger partial charge in [0.15, 0.2) is 0 Å². The van der Waals surface area contributed by atoms with E-state index in [1.54, 1.807) is 23.1 Å². The molecule has 1 amide bonds. The van der Waals surface area contributed by atoms with E-state index < -0.39 is 0 Å². The van der Waals surface area contributed by atoms with E-state index in [0.29, 0.717) is 36.1 Å². The van der Waals surface area contributed by atoms with Gasteiger partial charge in [-0.25, -0.2) is 0 Å². The Morgan fingerprint density at radius 3 is 2.80 bits per heavy atom. The first-order chi connectivity index (χ1) is 9.67. The molecule has 6 heteroatoms. The Bertz CT molecular complexity index is 624. The van der Waals surface area contributed by atoms with Gasteiger partial charge in [0.2, 0.25) is 11.8 Å². The third-order valence-corrected chi connectivity index (χ3v) is 3.69. The predicted octanol–water partition coefficient (Wildman–Crippen LogP) is 2.31. The maximum absolute atomic E-state index is 11.9. The van der Waals surface area contributed by atoms with Gasteiger partial charge in [0.25, 0.3) is 0 Å². The van der Waals surface area contributed by atoms with Gasteiger partial charge in [0, 0.05) is 29.6 Å². The molecule has 2 aromatic rings. The van der Waals surface area contributed by atoms with Crippen LogP contribution in [-0.4, -0.2) is 24.2 Å². The Hall–Kier alpha value is -1.85. The van der Waals surface area contributed by atoms with Crippen LogP contribution in [0.2, 0.25) is 5.02 Å². The highest BCUT2D eigenvalue weighted by Crippen LogP contribution is 2.29. The van der Waals surface area contributed by atoms with Crippen LogP contribution < -0.4 is 10.6 Å². The van der Waals surface area contributed by atoms with Crippen molar-refractivity contribution in [3.63, 3.8) is 0 Å². The molecule has 1 aromatic heterocycles. The quantitative estimate of drug-likeness (QED) is 0.942. The minimum Gasteiger partial charge on any atom is -0.338 e. The van der Waals surface area contributed by atoms with Crippen molar-refractivity contribution in [2.45, 2.75) is 6.42 Å². The average molecular weight is 292 g/mol. The highest BCUT2D eigenvalue weighted by molar-refractivity contribution is 6.30. The Labute approximate surface area is 121 Å². The van der Waals surface area contributed by atoms with Crippen LogP contribution in [0, 0.1) is 5.92 Å². The summed E-state index contributed by atoms with van der Waals surface area (Å²) in [6.45, 7) is 1.09. The van der Waals surface area contributed by atoms with Crippen molar-refractivity contribution < 1.29 is 9.32 Å². The lowest BCUT2D eigenvalue weighted by Gasteiger charge is -2.10. The Kier molecular flexibility index (Phi) is 3.46. The molecule has 1 aromatic carbocycles. The van der Waals surface area contributed by atoms with Crippen molar-refractivity contribution in [3.05, 3.63) is 35.4 Å². The van der Waals surface area contributed by atoms with Crippen LogP contribution in [0.4, 0.5) is 5.88 Å². The summed E-state index contributed by atoms with van der Waals surface area (Å²) in [5.41, 5.74) is 7.19. The van der Waals surface area contributed by atoms with Crippen LogP contribution in [0.5, 0.6) is 0 Å². The summed E-state index contributed by atoms with van der Waals surface area (Å²) < 4.78 is 5.28. The van der Waals surface area contributed by atoms with E-state index in [1.807, 2.05) is 12.1 Å². The zero-order valence-electron chi connectivity index (χ0n) is 10.8. The Balaban J connectivity index is 1.83. The highest BCUT2D eigenvalue weighted by atomic mass is 35.5. The number of benzene rings is 1. The Morgan fingerprint density at radius 1 is 1.40 bits per heavy atom. The molecule has 0 saturated carbocycles. The third-order valence-electron chi connectivity index (χ3n) is 3.44. The number of anilines is 1. The molecule has 2 heterocycles. The molecular weight excluding hydrogens is 278 g/mol. The molecule has 2 N–H and O–H groups in total. The number of nitrogens with zero attached hydrogens (tertiary/aromatic N) is 2. The number of halogens is 1. The second-order valence-corrected chi connectivity index (χ2v) is 5.30. The van der Waals surface area contributed by atoms with E-state index in [-0.39, 0.29) is 11.8 Å². The average Bonchev–Trinajstić information content (AvgIpc) is 3.06. The van der Waals surface area contributed by atoms with Gasteiger partial charge < -0.3 is 10.3 Å². The van der Waals surface area contributed by atoms with E-state index in [4.69, 9.17) is 21.9 Å². The zero-order chi connectivity index (χ0) is 14.1. The molecule has 1 fully saturated rings. The summed E-state index contributed by atoms with van der Waals surface area (Å²) in [6, 6.07) is 9.06. The van der Waals surface area contributed by atoms with E-state index in [0.717, 1.165) is 5.56 Å². The van der Waals surface area contributed by atoms with Gasteiger partial charge in [-0.15, -0.1) is 0 Å². The molecule has 1 aliphatic heterocycles. The van der Waals surface area contributed by atoms with E-state index in [2.05, 4.69) is 5.16 Å². The van der Waals surface area contributed by atoms with Crippen molar-refractivity contribution in [3.8, 4) is 11.3 Å². The molecule has 5 nitrogen and oxygen atoms in total. The molecule has 0 bridgehead atoms. The first-order valence-electron chi connectivity index (χ1n) is 6.40. The molecule has 1 aliphatic rings. The molecule has 1 atom stereocenters. The largest absolute Gasteiger partial charge is 0.338 e. The summed E-state index contributed by atoms with van der Waals surface area (Å²) in [5, 5.41) is 4.67. The number of hydrogen-bond donors (Lipinski definition) is 1. The van der Waals surface area contributed by atoms with Crippen LogP contribution >= 0.6 is 11.6 Å². The minimum atomic E-state index is 0.0271. The molecule has 1 saturated heterocycles. The molecule has 0 radical (unpaired) electrons. The van der Waals surface area contributed by atoms with E-state index in [1.165, 1.54) is 0 Å². The monoisotopic (exact) mass is 291 g/mol. The van der Waals surface area contributed by atoms with E-state index in [9.17, 15) is 4.79 Å². The molecule has 0 aliphatic carbocycles. The van der Waals surface area contributed by atoms with Crippen LogP contribution in [0.1, 0.15) is 6.42 Å². The molecule has 1 unspecified atom stereocenters. The number of rotatable bonds is 3.